The molecule has 5 heteroatoms. The van der Waals surface area contributed by atoms with Crippen LogP contribution in [0.3, 0.4) is 0 Å². The van der Waals surface area contributed by atoms with Gasteiger partial charge in [-0.15, -0.1) is 0 Å². The van der Waals surface area contributed by atoms with Gasteiger partial charge in [0.1, 0.15) is 10.8 Å². The zero-order valence-electron chi connectivity index (χ0n) is 12.3. The van der Waals surface area contributed by atoms with Crippen molar-refractivity contribution in [1.82, 2.24) is 4.98 Å². The summed E-state index contributed by atoms with van der Waals surface area (Å²) in [6.45, 7) is 6.48. The Bertz CT molecular complexity index is 697. The van der Waals surface area contributed by atoms with Gasteiger partial charge in [0, 0.05) is 29.0 Å². The van der Waals surface area contributed by atoms with E-state index in [1.54, 1.807) is 0 Å². The van der Waals surface area contributed by atoms with Gasteiger partial charge in [0.2, 0.25) is 0 Å². The van der Waals surface area contributed by atoms with Gasteiger partial charge in [-0.05, 0) is 26.0 Å². The molecule has 21 heavy (non-hydrogen) atoms. The maximum atomic E-state index is 5.94. The van der Waals surface area contributed by atoms with Crippen molar-refractivity contribution in [3.8, 4) is 0 Å². The minimum atomic E-state index is 0.221. The van der Waals surface area contributed by atoms with Crippen molar-refractivity contribution in [2.45, 2.75) is 18.6 Å². The highest BCUT2D eigenvalue weighted by atomic mass is 32.2. The van der Waals surface area contributed by atoms with Crippen LogP contribution >= 0.6 is 24.0 Å². The lowest BCUT2D eigenvalue weighted by Gasteiger charge is -2.39. The second-order valence-corrected chi connectivity index (χ2v) is 8.19. The van der Waals surface area contributed by atoms with E-state index in [0.29, 0.717) is 4.99 Å². The molecule has 0 bridgehead atoms. The molecule has 1 aromatic carbocycles. The summed E-state index contributed by atoms with van der Waals surface area (Å²) in [6, 6.07) is 10.2. The predicted molar refractivity (Wildman–Crippen MR) is 96.4 cm³/mol. The molecule has 2 aromatic rings. The minimum absolute atomic E-state index is 0.221. The molecular formula is C16H19N3S2. The molecule has 0 atom stereocenters. The fourth-order valence-electron chi connectivity index (χ4n) is 2.73. The van der Waals surface area contributed by atoms with Gasteiger partial charge >= 0.3 is 0 Å². The number of fused-ring (bicyclic) bond motifs is 1. The fraction of sp³-hybridized carbons (Fsp3) is 0.375. The number of thiocarbonyl (C=S) groups is 1. The van der Waals surface area contributed by atoms with Gasteiger partial charge in [0.25, 0.3) is 0 Å². The smallest absolute Gasteiger partial charge is 0.139 e. The second kappa shape index (κ2) is 5.46. The largest absolute Gasteiger partial charge is 0.389 e. The number of nitrogens with two attached hydrogens (primary N) is 1. The van der Waals surface area contributed by atoms with Gasteiger partial charge in [-0.2, -0.15) is 11.8 Å². The van der Waals surface area contributed by atoms with Crippen LogP contribution in [-0.2, 0) is 0 Å². The fourth-order valence-corrected chi connectivity index (χ4v) is 3.99. The Morgan fingerprint density at radius 2 is 2.14 bits per heavy atom. The molecule has 1 fully saturated rings. The summed E-state index contributed by atoms with van der Waals surface area (Å²) < 4.78 is 0.221. The third-order valence-corrected chi connectivity index (χ3v) is 5.21. The molecule has 2 heterocycles. The normalized spacial score (nSPS) is 17.9. The van der Waals surface area contributed by atoms with E-state index in [4.69, 9.17) is 22.9 Å². The molecule has 1 saturated heterocycles. The zero-order valence-corrected chi connectivity index (χ0v) is 13.9. The second-order valence-electron chi connectivity index (χ2n) is 5.95. The number of rotatable bonds is 2. The molecule has 110 valence electrons. The molecule has 1 aliphatic rings. The van der Waals surface area contributed by atoms with Crippen molar-refractivity contribution in [3.05, 3.63) is 35.9 Å². The molecule has 0 unspecified atom stereocenters. The Kier molecular flexibility index (Phi) is 3.80. The first kappa shape index (κ1) is 14.6. The van der Waals surface area contributed by atoms with Crippen LogP contribution in [0.15, 0.2) is 30.3 Å². The van der Waals surface area contributed by atoms with Gasteiger partial charge in [-0.25, -0.2) is 4.98 Å². The van der Waals surface area contributed by atoms with Crippen LogP contribution in [0.25, 0.3) is 10.9 Å². The maximum absolute atomic E-state index is 5.94. The van der Waals surface area contributed by atoms with E-state index in [2.05, 4.69) is 24.8 Å². The Morgan fingerprint density at radius 3 is 2.86 bits per heavy atom. The van der Waals surface area contributed by atoms with Gasteiger partial charge in [-0.1, -0.05) is 30.4 Å². The standard InChI is InChI=1S/C16H19N3S2/c1-16(2)10-19(7-8-21-16)15-12(14(17)20)9-11-5-3-4-6-13(11)18-15/h3-6,9H,7-8,10H2,1-2H3,(H2,17,20). The Morgan fingerprint density at radius 1 is 1.38 bits per heavy atom. The van der Waals surface area contributed by atoms with E-state index in [-0.39, 0.29) is 4.75 Å². The summed E-state index contributed by atoms with van der Waals surface area (Å²) in [6.07, 6.45) is 0. The van der Waals surface area contributed by atoms with Gasteiger partial charge in [-0.3, -0.25) is 0 Å². The third-order valence-electron chi connectivity index (χ3n) is 3.69. The van der Waals surface area contributed by atoms with Gasteiger partial charge < -0.3 is 10.6 Å². The number of thioether (sulfide) groups is 1. The zero-order chi connectivity index (χ0) is 15.0. The van der Waals surface area contributed by atoms with E-state index in [1.165, 1.54) is 0 Å². The van der Waals surface area contributed by atoms with E-state index < -0.39 is 0 Å². The van der Waals surface area contributed by atoms with Crippen molar-refractivity contribution in [1.29, 1.82) is 0 Å². The van der Waals surface area contributed by atoms with Crippen LogP contribution in [0.5, 0.6) is 0 Å². The highest BCUT2D eigenvalue weighted by molar-refractivity contribution is 8.00. The summed E-state index contributed by atoms with van der Waals surface area (Å²) in [5, 5.41) is 1.08. The monoisotopic (exact) mass is 317 g/mol. The van der Waals surface area contributed by atoms with Crippen molar-refractivity contribution in [3.63, 3.8) is 0 Å². The highest BCUT2D eigenvalue weighted by Crippen LogP contribution is 2.33. The third kappa shape index (κ3) is 2.99. The van der Waals surface area contributed by atoms with Crippen LogP contribution < -0.4 is 10.6 Å². The molecule has 0 spiro atoms. The van der Waals surface area contributed by atoms with Crippen molar-refractivity contribution >= 4 is 45.7 Å². The summed E-state index contributed by atoms with van der Waals surface area (Å²) in [7, 11) is 0. The molecular weight excluding hydrogens is 298 g/mol. The van der Waals surface area contributed by atoms with E-state index in [9.17, 15) is 0 Å². The number of hydrogen-bond donors (Lipinski definition) is 1. The first-order valence-electron chi connectivity index (χ1n) is 7.05. The molecule has 0 saturated carbocycles. The van der Waals surface area contributed by atoms with Crippen LogP contribution in [0.4, 0.5) is 5.82 Å². The van der Waals surface area contributed by atoms with Crippen LogP contribution in [0, 0.1) is 0 Å². The lowest BCUT2D eigenvalue weighted by atomic mass is 10.1. The number of nitrogens with zero attached hydrogens (tertiary/aromatic N) is 2. The van der Waals surface area contributed by atoms with Crippen LogP contribution in [0.1, 0.15) is 19.4 Å². The molecule has 0 amide bonds. The number of para-hydroxylation sites is 1. The Labute approximate surface area is 134 Å². The van der Waals surface area contributed by atoms with Crippen molar-refractivity contribution in [2.24, 2.45) is 5.73 Å². The van der Waals surface area contributed by atoms with Crippen molar-refractivity contribution < 1.29 is 0 Å². The summed E-state index contributed by atoms with van der Waals surface area (Å²) in [5.41, 5.74) is 7.81. The SMILES string of the molecule is CC1(C)CN(c2nc3ccccc3cc2C(N)=S)CCS1. The number of anilines is 1. The quantitative estimate of drug-likeness (QED) is 0.862. The van der Waals surface area contributed by atoms with Gasteiger partial charge in [0.05, 0.1) is 11.1 Å². The first-order valence-corrected chi connectivity index (χ1v) is 8.44. The molecule has 3 rings (SSSR count). The van der Waals surface area contributed by atoms with E-state index in [1.807, 2.05) is 36.0 Å². The average Bonchev–Trinajstić information content (AvgIpc) is 2.44. The molecule has 2 N–H and O–H groups in total. The topological polar surface area (TPSA) is 42.2 Å². The van der Waals surface area contributed by atoms with Crippen LogP contribution in [0.2, 0.25) is 0 Å². The van der Waals surface area contributed by atoms with Crippen molar-refractivity contribution in [2.75, 3.05) is 23.7 Å². The number of aromatic nitrogens is 1. The predicted octanol–water partition coefficient (Wildman–Crippen LogP) is 3.20. The molecule has 1 aliphatic heterocycles. The van der Waals surface area contributed by atoms with E-state index >= 15 is 0 Å². The van der Waals surface area contributed by atoms with E-state index in [0.717, 1.165) is 41.1 Å². The first-order chi connectivity index (χ1) is 9.96. The highest BCUT2D eigenvalue weighted by Gasteiger charge is 2.29. The Hall–Kier alpha value is -1.33. The van der Waals surface area contributed by atoms with Crippen LogP contribution in [-0.4, -0.2) is 33.6 Å². The number of benzene rings is 1. The summed E-state index contributed by atoms with van der Waals surface area (Å²) >= 11 is 7.25. The Balaban J connectivity index is 2.11. The molecule has 0 radical (unpaired) electrons. The van der Waals surface area contributed by atoms with Gasteiger partial charge in [0.15, 0.2) is 0 Å². The summed E-state index contributed by atoms with van der Waals surface area (Å²) in [5.74, 6) is 2.02. The lowest BCUT2D eigenvalue weighted by Crippen LogP contribution is -2.44. The molecule has 1 aromatic heterocycles. The maximum Gasteiger partial charge on any atom is 0.139 e. The number of hydrogen-bond acceptors (Lipinski definition) is 4. The number of pyridine rings is 1. The lowest BCUT2D eigenvalue weighted by molar-refractivity contribution is 0.643. The molecule has 0 aliphatic carbocycles. The average molecular weight is 317 g/mol. The summed E-state index contributed by atoms with van der Waals surface area (Å²) in [4.78, 5) is 7.57. The minimum Gasteiger partial charge on any atom is -0.389 e. The molecule has 3 nitrogen and oxygen atoms in total.